The first kappa shape index (κ1) is 14.7. The molecule has 1 aromatic carbocycles. The van der Waals surface area contributed by atoms with Crippen molar-refractivity contribution in [1.82, 2.24) is 14.8 Å². The van der Waals surface area contributed by atoms with Gasteiger partial charge in [-0.05, 0) is 19.9 Å². The van der Waals surface area contributed by atoms with E-state index in [1.165, 1.54) is 12.1 Å². The minimum Gasteiger partial charge on any atom is -0.307 e. The van der Waals surface area contributed by atoms with Crippen molar-refractivity contribution in [3.63, 3.8) is 0 Å². The monoisotopic (exact) mass is 314 g/mol. The molecule has 0 fully saturated rings. The number of hydrogen-bond acceptors (Lipinski definition) is 4. The third kappa shape index (κ3) is 2.48. The number of nitrogens with zero attached hydrogens (tertiary/aromatic N) is 4. The fraction of sp³-hybridized carbons (Fsp3) is 0.333. The van der Waals surface area contributed by atoms with Crippen molar-refractivity contribution in [2.75, 3.05) is 0 Å². The Morgan fingerprint density at radius 1 is 1.40 bits per heavy atom. The second kappa shape index (κ2) is 5.76. The molecule has 0 bridgehead atoms. The molecule has 6 nitrogen and oxygen atoms in total. The summed E-state index contributed by atoms with van der Waals surface area (Å²) in [5.41, 5.74) is 0.157. The van der Waals surface area contributed by atoms with Gasteiger partial charge in [0.15, 0.2) is 5.82 Å². The highest BCUT2D eigenvalue weighted by Gasteiger charge is 2.25. The summed E-state index contributed by atoms with van der Waals surface area (Å²) < 4.78 is 1.75. The summed E-state index contributed by atoms with van der Waals surface area (Å²) in [7, 11) is 0. The van der Waals surface area contributed by atoms with Gasteiger partial charge in [-0.25, -0.2) is 0 Å². The van der Waals surface area contributed by atoms with Crippen LogP contribution >= 0.6 is 23.2 Å². The first-order valence-electron chi connectivity index (χ1n) is 5.90. The number of benzene rings is 1. The maximum atomic E-state index is 11.2. The third-order valence-corrected chi connectivity index (χ3v) is 3.37. The van der Waals surface area contributed by atoms with E-state index in [1.807, 2.05) is 13.8 Å². The Labute approximate surface area is 125 Å². The molecule has 2 aromatic rings. The van der Waals surface area contributed by atoms with Crippen molar-refractivity contribution >= 4 is 28.9 Å². The summed E-state index contributed by atoms with van der Waals surface area (Å²) in [6.45, 7) is 3.84. The molecule has 1 aromatic heterocycles. The van der Waals surface area contributed by atoms with Crippen LogP contribution in [0.5, 0.6) is 0 Å². The fourth-order valence-electron chi connectivity index (χ4n) is 2.01. The van der Waals surface area contributed by atoms with E-state index < -0.39 is 4.92 Å². The van der Waals surface area contributed by atoms with Crippen molar-refractivity contribution in [3.05, 3.63) is 39.2 Å². The number of aromatic nitrogens is 3. The van der Waals surface area contributed by atoms with Gasteiger partial charge in [0, 0.05) is 12.1 Å². The summed E-state index contributed by atoms with van der Waals surface area (Å²) in [5.74, 6) is 1.07. The van der Waals surface area contributed by atoms with Crippen LogP contribution in [0.2, 0.25) is 5.02 Å². The minimum atomic E-state index is -0.485. The van der Waals surface area contributed by atoms with E-state index in [0.717, 1.165) is 0 Å². The van der Waals surface area contributed by atoms with Crippen molar-refractivity contribution < 1.29 is 4.92 Å². The Bertz CT molecular complexity index is 655. The normalized spacial score (nSPS) is 11.1. The fourth-order valence-corrected chi connectivity index (χ4v) is 2.45. The molecule has 0 spiro atoms. The maximum absolute atomic E-state index is 11.2. The zero-order valence-electron chi connectivity index (χ0n) is 10.9. The largest absolute Gasteiger partial charge is 0.307 e. The molecule has 0 radical (unpaired) electrons. The molecule has 0 N–H and O–H groups in total. The molecule has 8 heteroatoms. The van der Waals surface area contributed by atoms with Crippen LogP contribution in [0.4, 0.5) is 5.69 Å². The van der Waals surface area contributed by atoms with E-state index in [9.17, 15) is 10.1 Å². The van der Waals surface area contributed by atoms with Crippen molar-refractivity contribution in [2.24, 2.45) is 0 Å². The number of nitro benzene ring substituents is 1. The summed E-state index contributed by atoms with van der Waals surface area (Å²) >= 11 is 11.9. The van der Waals surface area contributed by atoms with Gasteiger partial charge in [0.2, 0.25) is 0 Å². The van der Waals surface area contributed by atoms with Crippen LogP contribution in [0.25, 0.3) is 11.4 Å². The Kier molecular flexibility index (Phi) is 4.25. The minimum absolute atomic E-state index is 0.00428. The molecular formula is C12H12Cl2N4O2. The topological polar surface area (TPSA) is 73.8 Å². The lowest BCUT2D eigenvalue weighted by Crippen LogP contribution is -2.08. The first-order chi connectivity index (χ1) is 9.47. The van der Waals surface area contributed by atoms with E-state index in [4.69, 9.17) is 23.2 Å². The van der Waals surface area contributed by atoms with E-state index in [0.29, 0.717) is 11.6 Å². The van der Waals surface area contributed by atoms with Crippen LogP contribution in [0.1, 0.15) is 25.7 Å². The van der Waals surface area contributed by atoms with E-state index in [-0.39, 0.29) is 28.2 Å². The zero-order chi connectivity index (χ0) is 14.9. The predicted octanol–water partition coefficient (Wildman–Crippen LogP) is 3.83. The van der Waals surface area contributed by atoms with Gasteiger partial charge in [0.1, 0.15) is 11.4 Å². The van der Waals surface area contributed by atoms with Crippen LogP contribution in [-0.2, 0) is 5.88 Å². The van der Waals surface area contributed by atoms with Crippen molar-refractivity contribution in [2.45, 2.75) is 25.8 Å². The smallest absolute Gasteiger partial charge is 0.281 e. The molecule has 0 atom stereocenters. The van der Waals surface area contributed by atoms with Gasteiger partial charge in [0.05, 0.1) is 15.8 Å². The van der Waals surface area contributed by atoms with Gasteiger partial charge in [-0.2, -0.15) is 0 Å². The average Bonchev–Trinajstić information content (AvgIpc) is 2.81. The standard InChI is InChI=1S/C12H12Cl2N4O2/c1-7(2)17-10(6-13)15-16-12(17)11-8(14)4-3-5-9(11)18(19)20/h3-5,7H,6H2,1-2H3. The SMILES string of the molecule is CC(C)n1c(CCl)nnc1-c1c(Cl)cccc1[N+](=O)[O-]. The first-order valence-corrected chi connectivity index (χ1v) is 6.81. The second-order valence-corrected chi connectivity index (χ2v) is 5.10. The van der Waals surface area contributed by atoms with Crippen LogP contribution in [0, 0.1) is 10.1 Å². The van der Waals surface area contributed by atoms with Gasteiger partial charge in [-0.15, -0.1) is 21.8 Å². The molecule has 0 aliphatic rings. The molecule has 20 heavy (non-hydrogen) atoms. The summed E-state index contributed by atoms with van der Waals surface area (Å²) in [6.07, 6.45) is 0. The lowest BCUT2D eigenvalue weighted by Gasteiger charge is -2.13. The number of alkyl halides is 1. The number of nitro groups is 1. The summed E-state index contributed by atoms with van der Waals surface area (Å²) in [4.78, 5) is 10.7. The van der Waals surface area contributed by atoms with Gasteiger partial charge < -0.3 is 4.57 Å². The zero-order valence-corrected chi connectivity index (χ0v) is 12.4. The number of hydrogen-bond donors (Lipinski definition) is 0. The Morgan fingerprint density at radius 3 is 2.65 bits per heavy atom. The molecule has 0 aliphatic carbocycles. The van der Waals surface area contributed by atoms with Crippen LogP contribution in [0.15, 0.2) is 18.2 Å². The van der Waals surface area contributed by atoms with Crippen molar-refractivity contribution in [3.8, 4) is 11.4 Å². The molecule has 0 saturated heterocycles. The highest BCUT2D eigenvalue weighted by atomic mass is 35.5. The van der Waals surface area contributed by atoms with E-state index in [1.54, 1.807) is 10.6 Å². The maximum Gasteiger partial charge on any atom is 0.281 e. The van der Waals surface area contributed by atoms with Gasteiger partial charge in [0.25, 0.3) is 5.69 Å². The second-order valence-electron chi connectivity index (χ2n) is 4.43. The lowest BCUT2D eigenvalue weighted by molar-refractivity contribution is -0.384. The Hall–Kier alpha value is -1.66. The van der Waals surface area contributed by atoms with Crippen LogP contribution < -0.4 is 0 Å². The van der Waals surface area contributed by atoms with Crippen molar-refractivity contribution in [1.29, 1.82) is 0 Å². The van der Waals surface area contributed by atoms with E-state index in [2.05, 4.69) is 10.2 Å². The average molecular weight is 315 g/mol. The molecule has 0 aliphatic heterocycles. The third-order valence-electron chi connectivity index (χ3n) is 2.81. The molecular weight excluding hydrogens is 303 g/mol. The van der Waals surface area contributed by atoms with Gasteiger partial charge >= 0.3 is 0 Å². The number of halogens is 2. The van der Waals surface area contributed by atoms with Gasteiger partial charge in [-0.3, -0.25) is 10.1 Å². The molecule has 0 unspecified atom stereocenters. The summed E-state index contributed by atoms with van der Waals surface area (Å²) in [6, 6.07) is 4.51. The van der Waals surface area contributed by atoms with Gasteiger partial charge in [-0.1, -0.05) is 17.7 Å². The highest BCUT2D eigenvalue weighted by molar-refractivity contribution is 6.33. The number of rotatable bonds is 4. The Morgan fingerprint density at radius 2 is 2.10 bits per heavy atom. The Balaban J connectivity index is 2.75. The molecule has 0 amide bonds. The highest BCUT2D eigenvalue weighted by Crippen LogP contribution is 2.36. The molecule has 1 heterocycles. The lowest BCUT2D eigenvalue weighted by atomic mass is 10.1. The molecule has 106 valence electrons. The molecule has 0 saturated carbocycles. The van der Waals surface area contributed by atoms with Crippen LogP contribution in [0.3, 0.4) is 0 Å². The summed E-state index contributed by atoms with van der Waals surface area (Å²) in [5, 5.41) is 19.4. The molecule has 2 rings (SSSR count). The van der Waals surface area contributed by atoms with Crippen LogP contribution in [-0.4, -0.2) is 19.7 Å². The quantitative estimate of drug-likeness (QED) is 0.488. The predicted molar refractivity (Wildman–Crippen MR) is 77.1 cm³/mol. The van der Waals surface area contributed by atoms with E-state index >= 15 is 0 Å².